The summed E-state index contributed by atoms with van der Waals surface area (Å²) in [5.41, 5.74) is 2.59. The molecule has 5 rings (SSSR count). The van der Waals surface area contributed by atoms with Crippen LogP contribution in [0.25, 0.3) is 22.2 Å². The van der Waals surface area contributed by atoms with Crippen molar-refractivity contribution in [1.29, 1.82) is 0 Å². The number of benzene rings is 1. The van der Waals surface area contributed by atoms with Gasteiger partial charge in [-0.25, -0.2) is 8.78 Å². The number of carbonyl (C=O) groups is 1. The van der Waals surface area contributed by atoms with Gasteiger partial charge in [-0.2, -0.15) is 5.10 Å². The second-order valence-corrected chi connectivity index (χ2v) is 8.65. The lowest BCUT2D eigenvalue weighted by atomic mass is 9.86. The van der Waals surface area contributed by atoms with Crippen molar-refractivity contribution in [3.05, 3.63) is 72.3 Å². The highest BCUT2D eigenvalue weighted by Crippen LogP contribution is 2.33. The first-order chi connectivity index (χ1) is 16.5. The average molecular weight is 463 g/mol. The molecule has 34 heavy (non-hydrogen) atoms. The summed E-state index contributed by atoms with van der Waals surface area (Å²) in [5.74, 6) is -3.67. The third-order valence-electron chi connectivity index (χ3n) is 6.40. The van der Waals surface area contributed by atoms with Crippen molar-refractivity contribution >= 4 is 16.8 Å². The predicted molar refractivity (Wildman–Crippen MR) is 122 cm³/mol. The van der Waals surface area contributed by atoms with Crippen molar-refractivity contribution in [2.24, 2.45) is 5.92 Å². The fourth-order valence-corrected chi connectivity index (χ4v) is 4.45. The van der Waals surface area contributed by atoms with E-state index < -0.39 is 23.3 Å². The van der Waals surface area contributed by atoms with Crippen LogP contribution in [-0.4, -0.2) is 37.3 Å². The first-order valence-electron chi connectivity index (χ1n) is 11.2. The number of hydrogen-bond donors (Lipinski definition) is 2. The molecular weight excluding hydrogens is 440 g/mol. The monoisotopic (exact) mass is 463 g/mol. The second-order valence-electron chi connectivity index (χ2n) is 8.65. The van der Waals surface area contributed by atoms with Gasteiger partial charge in [0.2, 0.25) is 0 Å². The quantitative estimate of drug-likeness (QED) is 0.450. The fraction of sp³-hybridized carbons (Fsp3) is 0.280. The lowest BCUT2D eigenvalue weighted by molar-refractivity contribution is 0.0940. The number of rotatable bonds is 5. The smallest absolute Gasteiger partial charge is 0.251 e. The molecule has 4 aromatic rings. The maximum absolute atomic E-state index is 13.5. The summed E-state index contributed by atoms with van der Waals surface area (Å²) in [6.45, 7) is 0.427. The van der Waals surface area contributed by atoms with E-state index in [0.717, 1.165) is 60.0 Å². The van der Waals surface area contributed by atoms with Crippen molar-refractivity contribution in [2.75, 3.05) is 6.54 Å². The van der Waals surface area contributed by atoms with E-state index in [1.165, 1.54) is 0 Å². The molecule has 3 heterocycles. The minimum Gasteiger partial charge on any atom is -0.503 e. The topological polar surface area (TPSA) is 92.9 Å². The number of fused-ring (bicyclic) bond motifs is 1. The van der Waals surface area contributed by atoms with E-state index in [9.17, 15) is 18.7 Å². The summed E-state index contributed by atoms with van der Waals surface area (Å²) in [5, 5.41) is 17.7. The number of halogens is 2. The molecule has 0 spiro atoms. The molecule has 1 aliphatic rings. The highest BCUT2D eigenvalue weighted by Gasteiger charge is 2.24. The number of hydrogen-bond acceptors (Lipinski definition) is 5. The number of aromatic hydroxyl groups is 1. The van der Waals surface area contributed by atoms with Gasteiger partial charge in [-0.05, 0) is 61.9 Å². The van der Waals surface area contributed by atoms with Gasteiger partial charge in [0.15, 0.2) is 17.4 Å². The van der Waals surface area contributed by atoms with Crippen LogP contribution in [0.3, 0.4) is 0 Å². The van der Waals surface area contributed by atoms with Gasteiger partial charge in [-0.3, -0.25) is 19.4 Å². The standard InChI is InChI=1S/C25H23F2N5O2/c26-20-9-17(10-21(27)24(20)33)25(34)30-12-15-1-3-19(4-2-15)32-14-18-13-29-22(11-23(18)31-32)16-5-7-28-8-6-16/h5-11,13-15,19,33H,1-4,12H2,(H,30,34)/t15-,19-. The molecule has 1 fully saturated rings. The van der Waals surface area contributed by atoms with Gasteiger partial charge >= 0.3 is 0 Å². The normalized spacial score (nSPS) is 18.2. The number of amides is 1. The zero-order valence-corrected chi connectivity index (χ0v) is 18.3. The SMILES string of the molecule is O=C(NC[C@H]1CC[C@H](n2cc3cnc(-c4ccncc4)cc3n2)CC1)c1cc(F)c(O)c(F)c1. The van der Waals surface area contributed by atoms with E-state index in [0.29, 0.717) is 6.54 Å². The van der Waals surface area contributed by atoms with Crippen LogP contribution in [0.2, 0.25) is 0 Å². The number of phenols is 1. The zero-order valence-electron chi connectivity index (χ0n) is 18.3. The summed E-state index contributed by atoms with van der Waals surface area (Å²) in [6, 6.07) is 7.75. The highest BCUT2D eigenvalue weighted by atomic mass is 19.1. The minimum atomic E-state index is -1.15. The minimum absolute atomic E-state index is 0.149. The predicted octanol–water partition coefficient (Wildman–Crippen LogP) is 4.64. The van der Waals surface area contributed by atoms with Gasteiger partial charge in [-0.1, -0.05) is 0 Å². The van der Waals surface area contributed by atoms with Crippen LogP contribution in [0, 0.1) is 17.6 Å². The van der Waals surface area contributed by atoms with Gasteiger partial charge in [0.05, 0.1) is 17.3 Å². The lowest BCUT2D eigenvalue weighted by Gasteiger charge is -2.28. The Hall–Kier alpha value is -3.88. The second kappa shape index (κ2) is 9.17. The molecule has 1 saturated carbocycles. The van der Waals surface area contributed by atoms with Gasteiger partial charge < -0.3 is 10.4 Å². The molecule has 0 atom stereocenters. The lowest BCUT2D eigenvalue weighted by Crippen LogP contribution is -2.31. The highest BCUT2D eigenvalue weighted by molar-refractivity contribution is 5.94. The maximum Gasteiger partial charge on any atom is 0.251 e. The van der Waals surface area contributed by atoms with E-state index in [2.05, 4.69) is 15.3 Å². The molecule has 174 valence electrons. The van der Waals surface area contributed by atoms with E-state index in [1.807, 2.05) is 35.3 Å². The van der Waals surface area contributed by atoms with Crippen LogP contribution in [-0.2, 0) is 0 Å². The van der Waals surface area contributed by atoms with E-state index in [-0.39, 0.29) is 17.5 Å². The van der Waals surface area contributed by atoms with Gasteiger partial charge in [0.25, 0.3) is 5.91 Å². The van der Waals surface area contributed by atoms with E-state index in [4.69, 9.17) is 5.10 Å². The Kier molecular flexibility index (Phi) is 5.91. The Morgan fingerprint density at radius 3 is 2.50 bits per heavy atom. The largest absolute Gasteiger partial charge is 0.503 e. The molecule has 1 aromatic carbocycles. The summed E-state index contributed by atoms with van der Waals surface area (Å²) in [4.78, 5) is 20.9. The molecular formula is C25H23F2N5O2. The Labute approximate surface area is 194 Å². The molecule has 0 radical (unpaired) electrons. The van der Waals surface area contributed by atoms with Crippen LogP contribution in [0.15, 0.2) is 55.1 Å². The van der Waals surface area contributed by atoms with Crippen LogP contribution in [0.5, 0.6) is 5.75 Å². The maximum atomic E-state index is 13.5. The number of nitrogens with zero attached hydrogens (tertiary/aromatic N) is 4. The summed E-state index contributed by atoms with van der Waals surface area (Å²) < 4.78 is 29.0. The molecule has 0 saturated heterocycles. The molecule has 1 amide bonds. The van der Waals surface area contributed by atoms with Gasteiger partial charge in [0, 0.05) is 47.8 Å². The summed E-state index contributed by atoms with van der Waals surface area (Å²) in [7, 11) is 0. The Morgan fingerprint density at radius 1 is 1.09 bits per heavy atom. The molecule has 0 aliphatic heterocycles. The molecule has 2 N–H and O–H groups in total. The number of carbonyl (C=O) groups excluding carboxylic acids is 1. The first-order valence-corrected chi connectivity index (χ1v) is 11.2. The zero-order chi connectivity index (χ0) is 23.7. The molecule has 7 nitrogen and oxygen atoms in total. The van der Waals surface area contributed by atoms with E-state index >= 15 is 0 Å². The van der Waals surface area contributed by atoms with Crippen molar-refractivity contribution in [3.63, 3.8) is 0 Å². The van der Waals surface area contributed by atoms with Crippen LogP contribution < -0.4 is 5.32 Å². The molecule has 1 aliphatic carbocycles. The average Bonchev–Trinajstić information content (AvgIpc) is 3.30. The van der Waals surface area contributed by atoms with Crippen molar-refractivity contribution in [1.82, 2.24) is 25.1 Å². The fourth-order valence-electron chi connectivity index (χ4n) is 4.45. The van der Waals surface area contributed by atoms with Gasteiger partial charge in [-0.15, -0.1) is 0 Å². The van der Waals surface area contributed by atoms with Crippen LogP contribution >= 0.6 is 0 Å². The molecule has 0 bridgehead atoms. The van der Waals surface area contributed by atoms with E-state index in [1.54, 1.807) is 12.4 Å². The molecule has 3 aromatic heterocycles. The van der Waals surface area contributed by atoms with Gasteiger partial charge in [0.1, 0.15) is 0 Å². The number of pyridine rings is 2. The summed E-state index contributed by atoms with van der Waals surface area (Å²) in [6.07, 6.45) is 11.0. The van der Waals surface area contributed by atoms with Crippen LogP contribution in [0.1, 0.15) is 42.1 Å². The Bertz CT molecular complexity index is 1310. The Morgan fingerprint density at radius 2 is 1.79 bits per heavy atom. The third kappa shape index (κ3) is 4.46. The number of nitrogens with one attached hydrogen (secondary N) is 1. The summed E-state index contributed by atoms with van der Waals surface area (Å²) >= 11 is 0. The van der Waals surface area contributed by atoms with Crippen LogP contribution in [0.4, 0.5) is 8.78 Å². The van der Waals surface area contributed by atoms with Crippen molar-refractivity contribution < 1.29 is 18.7 Å². The van der Waals surface area contributed by atoms with Crippen molar-refractivity contribution in [2.45, 2.75) is 31.7 Å². The van der Waals surface area contributed by atoms with Crippen molar-refractivity contribution in [3.8, 4) is 17.0 Å². The number of aromatic nitrogens is 4. The molecule has 0 unspecified atom stereocenters. The Balaban J connectivity index is 1.18. The number of phenolic OH excluding ortho intramolecular Hbond substituents is 1. The third-order valence-corrected chi connectivity index (χ3v) is 6.40. The molecule has 9 heteroatoms. The first kappa shape index (κ1) is 21.9.